The van der Waals surface area contributed by atoms with Gasteiger partial charge in [-0.2, -0.15) is 5.10 Å². The lowest BCUT2D eigenvalue weighted by Gasteiger charge is -2.35. The number of aromatic amines is 2. The highest BCUT2D eigenvalue weighted by atomic mass is 16.5. The molecule has 2 aromatic heterocycles. The number of nitrogens with zero attached hydrogens (tertiary/aromatic N) is 2. The lowest BCUT2D eigenvalue weighted by molar-refractivity contribution is -0.0144. The van der Waals surface area contributed by atoms with Crippen molar-refractivity contribution in [3.05, 3.63) is 53.5 Å². The predicted octanol–water partition coefficient (Wildman–Crippen LogP) is 2.77. The largest absolute Gasteiger partial charge is 0.378 e. The summed E-state index contributed by atoms with van der Waals surface area (Å²) in [6.07, 6.45) is 3.87. The quantitative estimate of drug-likeness (QED) is 0.781. The van der Waals surface area contributed by atoms with E-state index in [2.05, 4.69) is 51.3 Å². The Bertz CT molecular complexity index is 776. The molecule has 2 N–H and O–H groups in total. The van der Waals surface area contributed by atoms with Crippen LogP contribution in [0, 0.1) is 6.92 Å². The average Bonchev–Trinajstić information content (AvgIpc) is 3.16. The summed E-state index contributed by atoms with van der Waals surface area (Å²) in [6.45, 7) is 5.45. The van der Waals surface area contributed by atoms with Gasteiger partial charge in [0, 0.05) is 24.8 Å². The summed E-state index contributed by atoms with van der Waals surface area (Å²) >= 11 is 0. The Labute approximate surface area is 129 Å². The van der Waals surface area contributed by atoms with Gasteiger partial charge >= 0.3 is 0 Å². The lowest BCUT2D eigenvalue weighted by Crippen LogP contribution is -2.39. The normalized spacial score (nSPS) is 19.8. The number of H-pyrrole nitrogens is 2. The zero-order valence-electron chi connectivity index (χ0n) is 12.7. The first kappa shape index (κ1) is 13.5. The number of benzene rings is 1. The fourth-order valence-electron chi connectivity index (χ4n) is 3.21. The molecule has 1 atom stereocenters. The Kier molecular flexibility index (Phi) is 3.44. The Morgan fingerprint density at radius 1 is 1.36 bits per heavy atom. The molecule has 0 bridgehead atoms. The van der Waals surface area contributed by atoms with Gasteiger partial charge in [0.25, 0.3) is 0 Å². The minimum atomic E-state index is 0.246. The van der Waals surface area contributed by atoms with Gasteiger partial charge < -0.3 is 9.72 Å². The molecule has 5 nitrogen and oxygen atoms in total. The molecule has 0 saturated carbocycles. The van der Waals surface area contributed by atoms with E-state index in [1.54, 1.807) is 0 Å². The molecule has 1 saturated heterocycles. The fraction of sp³-hybridized carbons (Fsp3) is 0.353. The number of hydrogen-bond acceptors (Lipinski definition) is 3. The zero-order valence-corrected chi connectivity index (χ0v) is 12.7. The minimum absolute atomic E-state index is 0.246. The third-order valence-electron chi connectivity index (χ3n) is 4.45. The molecular formula is C17H20N4O. The molecule has 0 radical (unpaired) electrons. The van der Waals surface area contributed by atoms with Crippen molar-refractivity contribution in [2.24, 2.45) is 0 Å². The van der Waals surface area contributed by atoms with E-state index in [0.717, 1.165) is 19.7 Å². The Morgan fingerprint density at radius 3 is 3.18 bits per heavy atom. The Balaban J connectivity index is 1.60. The van der Waals surface area contributed by atoms with Gasteiger partial charge in [-0.25, -0.2) is 0 Å². The SMILES string of the molecule is Cc1cn[nH]c1[C@@H]1COCCN1Cc1ccc2cc[nH]c2c1. The molecule has 0 aliphatic carbocycles. The van der Waals surface area contributed by atoms with Crippen LogP contribution in [-0.4, -0.2) is 39.8 Å². The highest BCUT2D eigenvalue weighted by Gasteiger charge is 2.27. The van der Waals surface area contributed by atoms with E-state index in [1.807, 2.05) is 12.4 Å². The van der Waals surface area contributed by atoms with Gasteiger partial charge in [0.1, 0.15) is 0 Å². The number of hydrogen-bond donors (Lipinski definition) is 2. The molecule has 5 heteroatoms. The third-order valence-corrected chi connectivity index (χ3v) is 4.45. The van der Waals surface area contributed by atoms with Crippen LogP contribution >= 0.6 is 0 Å². The van der Waals surface area contributed by atoms with Crippen molar-refractivity contribution in [3.8, 4) is 0 Å². The molecule has 1 aliphatic rings. The van der Waals surface area contributed by atoms with E-state index in [4.69, 9.17) is 4.74 Å². The number of ether oxygens (including phenoxy) is 1. The van der Waals surface area contributed by atoms with Crippen LogP contribution in [-0.2, 0) is 11.3 Å². The van der Waals surface area contributed by atoms with Crippen molar-refractivity contribution in [1.82, 2.24) is 20.1 Å². The number of morpholine rings is 1. The van der Waals surface area contributed by atoms with E-state index >= 15 is 0 Å². The van der Waals surface area contributed by atoms with Gasteiger partial charge in [0.15, 0.2) is 0 Å². The molecule has 1 fully saturated rings. The molecule has 0 amide bonds. The van der Waals surface area contributed by atoms with E-state index in [1.165, 1.54) is 27.7 Å². The van der Waals surface area contributed by atoms with Crippen LogP contribution in [0.4, 0.5) is 0 Å². The Hall–Kier alpha value is -2.11. The molecule has 3 heterocycles. The van der Waals surface area contributed by atoms with Crippen molar-refractivity contribution >= 4 is 10.9 Å². The molecule has 22 heavy (non-hydrogen) atoms. The highest BCUT2D eigenvalue weighted by molar-refractivity contribution is 5.79. The van der Waals surface area contributed by atoms with E-state index in [-0.39, 0.29) is 6.04 Å². The van der Waals surface area contributed by atoms with Crippen LogP contribution in [0.15, 0.2) is 36.7 Å². The summed E-state index contributed by atoms with van der Waals surface area (Å²) in [5, 5.41) is 8.55. The molecule has 3 aromatic rings. The number of fused-ring (bicyclic) bond motifs is 1. The first-order valence-electron chi connectivity index (χ1n) is 7.69. The second-order valence-corrected chi connectivity index (χ2v) is 5.93. The van der Waals surface area contributed by atoms with Crippen LogP contribution in [0.1, 0.15) is 22.9 Å². The number of nitrogens with one attached hydrogen (secondary N) is 2. The summed E-state index contributed by atoms with van der Waals surface area (Å²) in [4.78, 5) is 5.75. The average molecular weight is 296 g/mol. The standard InChI is InChI=1S/C17H20N4O/c1-12-9-19-20-17(12)16-11-22-7-6-21(16)10-13-2-3-14-4-5-18-15(14)8-13/h2-5,8-9,16,18H,6-7,10-11H2,1H3,(H,19,20)/t16-/m0/s1. The van der Waals surface area contributed by atoms with Crippen molar-refractivity contribution < 1.29 is 4.74 Å². The molecule has 0 spiro atoms. The maximum Gasteiger partial charge on any atom is 0.0758 e. The van der Waals surface area contributed by atoms with Gasteiger partial charge in [0.2, 0.25) is 0 Å². The van der Waals surface area contributed by atoms with Gasteiger partial charge in [-0.3, -0.25) is 10.00 Å². The first-order chi connectivity index (χ1) is 10.8. The summed E-state index contributed by atoms with van der Waals surface area (Å²) in [5.74, 6) is 0. The summed E-state index contributed by atoms with van der Waals surface area (Å²) in [5.41, 5.74) is 4.88. The fourth-order valence-corrected chi connectivity index (χ4v) is 3.21. The summed E-state index contributed by atoms with van der Waals surface area (Å²) in [7, 11) is 0. The van der Waals surface area contributed by atoms with Crippen LogP contribution < -0.4 is 0 Å². The molecule has 0 unspecified atom stereocenters. The highest BCUT2D eigenvalue weighted by Crippen LogP contribution is 2.27. The summed E-state index contributed by atoms with van der Waals surface area (Å²) in [6, 6.07) is 8.97. The molecule has 1 aliphatic heterocycles. The first-order valence-corrected chi connectivity index (χ1v) is 7.69. The molecule has 114 valence electrons. The topological polar surface area (TPSA) is 56.9 Å². The van der Waals surface area contributed by atoms with Crippen molar-refractivity contribution in [2.75, 3.05) is 19.8 Å². The van der Waals surface area contributed by atoms with E-state index in [9.17, 15) is 0 Å². The smallest absolute Gasteiger partial charge is 0.0758 e. The van der Waals surface area contributed by atoms with Crippen LogP contribution in [0.25, 0.3) is 10.9 Å². The van der Waals surface area contributed by atoms with E-state index in [0.29, 0.717) is 6.61 Å². The monoisotopic (exact) mass is 296 g/mol. The molecule has 1 aromatic carbocycles. The van der Waals surface area contributed by atoms with Gasteiger partial charge in [-0.05, 0) is 35.6 Å². The van der Waals surface area contributed by atoms with Crippen molar-refractivity contribution in [3.63, 3.8) is 0 Å². The molecular weight excluding hydrogens is 276 g/mol. The maximum absolute atomic E-state index is 5.69. The number of rotatable bonds is 3. The predicted molar refractivity (Wildman–Crippen MR) is 85.6 cm³/mol. The second kappa shape index (κ2) is 5.59. The number of aromatic nitrogens is 3. The van der Waals surface area contributed by atoms with Crippen LogP contribution in [0.2, 0.25) is 0 Å². The van der Waals surface area contributed by atoms with Gasteiger partial charge in [-0.15, -0.1) is 0 Å². The Morgan fingerprint density at radius 2 is 2.32 bits per heavy atom. The zero-order chi connectivity index (χ0) is 14.9. The van der Waals surface area contributed by atoms with Gasteiger partial charge in [0.05, 0.1) is 31.1 Å². The van der Waals surface area contributed by atoms with E-state index < -0.39 is 0 Å². The lowest BCUT2D eigenvalue weighted by atomic mass is 10.1. The maximum atomic E-state index is 5.69. The minimum Gasteiger partial charge on any atom is -0.378 e. The van der Waals surface area contributed by atoms with Crippen molar-refractivity contribution in [1.29, 1.82) is 0 Å². The third kappa shape index (κ3) is 2.42. The van der Waals surface area contributed by atoms with Crippen molar-refractivity contribution in [2.45, 2.75) is 19.5 Å². The van der Waals surface area contributed by atoms with Gasteiger partial charge in [-0.1, -0.05) is 12.1 Å². The molecule has 4 rings (SSSR count). The second-order valence-electron chi connectivity index (χ2n) is 5.93. The van der Waals surface area contributed by atoms with Crippen LogP contribution in [0.3, 0.4) is 0 Å². The van der Waals surface area contributed by atoms with Crippen LogP contribution in [0.5, 0.6) is 0 Å². The summed E-state index contributed by atoms with van der Waals surface area (Å²) < 4.78 is 5.69. The number of aryl methyl sites for hydroxylation is 1.